The van der Waals surface area contributed by atoms with Gasteiger partial charge in [-0.2, -0.15) is 0 Å². The summed E-state index contributed by atoms with van der Waals surface area (Å²) < 4.78 is 39.6. The van der Waals surface area contributed by atoms with Crippen molar-refractivity contribution in [3.8, 4) is 0 Å². The molecule has 5 nitrogen and oxygen atoms in total. The predicted molar refractivity (Wildman–Crippen MR) is 108 cm³/mol. The van der Waals surface area contributed by atoms with E-state index in [4.69, 9.17) is 0 Å². The van der Waals surface area contributed by atoms with Crippen molar-refractivity contribution in [2.75, 3.05) is 24.2 Å². The summed E-state index contributed by atoms with van der Waals surface area (Å²) in [6.45, 7) is 0.713. The molecule has 28 heavy (non-hydrogen) atoms. The molecule has 1 aliphatic rings. The van der Waals surface area contributed by atoms with Crippen LogP contribution in [-0.4, -0.2) is 37.5 Å². The molecule has 1 fully saturated rings. The summed E-state index contributed by atoms with van der Waals surface area (Å²) in [5.74, 6) is -0.619. The Morgan fingerprint density at radius 1 is 1.04 bits per heavy atom. The highest BCUT2D eigenvalue weighted by atomic mass is 32.2. The van der Waals surface area contributed by atoms with Gasteiger partial charge >= 0.3 is 0 Å². The molecule has 0 radical (unpaired) electrons. The number of halogens is 1. The number of benzene rings is 2. The summed E-state index contributed by atoms with van der Waals surface area (Å²) >= 11 is 0. The number of carbonyl (C=O) groups excluding carboxylic acids is 1. The van der Waals surface area contributed by atoms with E-state index in [1.165, 1.54) is 28.6 Å². The average Bonchev–Trinajstić information content (AvgIpc) is 2.70. The molecule has 0 unspecified atom stereocenters. The summed E-state index contributed by atoms with van der Waals surface area (Å²) in [6, 6.07) is 15.4. The summed E-state index contributed by atoms with van der Waals surface area (Å²) in [5.41, 5.74) is 1.68. The van der Waals surface area contributed by atoms with Crippen molar-refractivity contribution >= 4 is 21.6 Å². The second kappa shape index (κ2) is 9.30. The van der Waals surface area contributed by atoms with Crippen LogP contribution in [0.25, 0.3) is 0 Å². The normalized spacial score (nSPS) is 16.0. The Kier molecular flexibility index (Phi) is 6.80. The van der Waals surface area contributed by atoms with Crippen molar-refractivity contribution < 1.29 is 17.6 Å². The lowest BCUT2D eigenvalue weighted by Crippen LogP contribution is -2.42. The van der Waals surface area contributed by atoms with Crippen molar-refractivity contribution in [3.63, 3.8) is 0 Å². The van der Waals surface area contributed by atoms with Gasteiger partial charge in [-0.15, -0.1) is 0 Å². The third kappa shape index (κ3) is 5.62. The van der Waals surface area contributed by atoms with Gasteiger partial charge in [-0.05, 0) is 55.5 Å². The molecule has 7 heteroatoms. The lowest BCUT2D eigenvalue weighted by Gasteiger charge is -2.30. The second-order valence-corrected chi connectivity index (χ2v) is 9.16. The number of aryl methyl sites for hydroxylation is 1. The van der Waals surface area contributed by atoms with Gasteiger partial charge in [0.1, 0.15) is 5.82 Å². The molecule has 1 N–H and O–H groups in total. The summed E-state index contributed by atoms with van der Waals surface area (Å²) in [5, 5.41) is 2.77. The SMILES string of the molecule is O=C(Nc1ccc(F)cc1)C1CCN(S(=O)(=O)CCCc2ccccc2)CC1. The zero-order valence-electron chi connectivity index (χ0n) is 15.7. The Balaban J connectivity index is 1.45. The average molecular weight is 405 g/mol. The number of rotatable bonds is 7. The van der Waals surface area contributed by atoms with Crippen LogP contribution in [0.15, 0.2) is 54.6 Å². The van der Waals surface area contributed by atoms with Gasteiger partial charge in [0, 0.05) is 24.7 Å². The van der Waals surface area contributed by atoms with Gasteiger partial charge in [0.2, 0.25) is 15.9 Å². The number of amides is 1. The van der Waals surface area contributed by atoms with Crippen LogP contribution in [0.5, 0.6) is 0 Å². The first-order chi connectivity index (χ1) is 13.4. The first-order valence-corrected chi connectivity index (χ1v) is 11.1. The molecule has 0 bridgehead atoms. The van der Waals surface area contributed by atoms with Crippen LogP contribution >= 0.6 is 0 Å². The Hall–Kier alpha value is -2.25. The lowest BCUT2D eigenvalue weighted by molar-refractivity contribution is -0.120. The third-order valence-electron chi connectivity index (χ3n) is 5.04. The van der Waals surface area contributed by atoms with Crippen LogP contribution in [-0.2, 0) is 21.2 Å². The van der Waals surface area contributed by atoms with Crippen molar-refractivity contribution in [1.29, 1.82) is 0 Å². The highest BCUT2D eigenvalue weighted by Crippen LogP contribution is 2.22. The Morgan fingerprint density at radius 3 is 2.32 bits per heavy atom. The molecule has 0 saturated carbocycles. The quantitative estimate of drug-likeness (QED) is 0.769. The van der Waals surface area contributed by atoms with Crippen LogP contribution in [0, 0.1) is 11.7 Å². The van der Waals surface area contributed by atoms with Crippen LogP contribution < -0.4 is 5.32 Å². The maximum absolute atomic E-state index is 12.9. The van der Waals surface area contributed by atoms with Crippen molar-refractivity contribution in [2.45, 2.75) is 25.7 Å². The minimum absolute atomic E-state index is 0.119. The Bertz CT molecular complexity index is 878. The van der Waals surface area contributed by atoms with E-state index in [2.05, 4.69) is 5.32 Å². The molecule has 150 valence electrons. The fourth-order valence-corrected chi connectivity index (χ4v) is 4.94. The molecule has 0 aromatic heterocycles. The van der Waals surface area contributed by atoms with Crippen molar-refractivity contribution in [2.24, 2.45) is 5.92 Å². The molecule has 2 aromatic rings. The van der Waals surface area contributed by atoms with E-state index in [0.717, 1.165) is 12.0 Å². The highest BCUT2D eigenvalue weighted by Gasteiger charge is 2.30. The zero-order valence-corrected chi connectivity index (χ0v) is 16.5. The van der Waals surface area contributed by atoms with E-state index in [1.807, 2.05) is 30.3 Å². The Morgan fingerprint density at radius 2 is 1.68 bits per heavy atom. The number of hydrogen-bond donors (Lipinski definition) is 1. The van der Waals surface area contributed by atoms with Crippen LogP contribution in [0.4, 0.5) is 10.1 Å². The Labute approximate surface area is 165 Å². The van der Waals surface area contributed by atoms with Crippen LogP contribution in [0.2, 0.25) is 0 Å². The summed E-state index contributed by atoms with van der Waals surface area (Å²) in [6.07, 6.45) is 2.30. The molecule has 1 amide bonds. The fourth-order valence-electron chi connectivity index (χ4n) is 3.41. The molecule has 1 heterocycles. The second-order valence-electron chi connectivity index (χ2n) is 7.07. The molecule has 3 rings (SSSR count). The summed E-state index contributed by atoms with van der Waals surface area (Å²) in [7, 11) is -3.31. The van der Waals surface area contributed by atoms with Gasteiger partial charge in [-0.1, -0.05) is 30.3 Å². The molecule has 1 aliphatic heterocycles. The fraction of sp³-hybridized carbons (Fsp3) is 0.381. The first kappa shape index (κ1) is 20.5. The molecule has 2 aromatic carbocycles. The smallest absolute Gasteiger partial charge is 0.227 e. The van der Waals surface area contributed by atoms with Crippen LogP contribution in [0.1, 0.15) is 24.8 Å². The molecule has 0 spiro atoms. The highest BCUT2D eigenvalue weighted by molar-refractivity contribution is 7.89. The van der Waals surface area contributed by atoms with Gasteiger partial charge in [0.15, 0.2) is 0 Å². The van der Waals surface area contributed by atoms with Crippen molar-refractivity contribution in [3.05, 3.63) is 66.0 Å². The van der Waals surface area contributed by atoms with Gasteiger partial charge < -0.3 is 5.32 Å². The number of hydrogen-bond acceptors (Lipinski definition) is 3. The number of nitrogens with one attached hydrogen (secondary N) is 1. The zero-order chi connectivity index (χ0) is 20.0. The maximum atomic E-state index is 12.9. The minimum atomic E-state index is -3.31. The topological polar surface area (TPSA) is 66.5 Å². The van der Waals surface area contributed by atoms with Crippen LogP contribution in [0.3, 0.4) is 0 Å². The molecule has 1 saturated heterocycles. The largest absolute Gasteiger partial charge is 0.326 e. The summed E-state index contributed by atoms with van der Waals surface area (Å²) in [4.78, 5) is 12.4. The van der Waals surface area contributed by atoms with Gasteiger partial charge in [-0.3, -0.25) is 4.79 Å². The number of anilines is 1. The molecule has 0 atom stereocenters. The molecular formula is C21H25FN2O3S. The number of nitrogens with zero attached hydrogens (tertiary/aromatic N) is 1. The third-order valence-corrected chi connectivity index (χ3v) is 7.00. The maximum Gasteiger partial charge on any atom is 0.227 e. The lowest BCUT2D eigenvalue weighted by atomic mass is 9.97. The minimum Gasteiger partial charge on any atom is -0.326 e. The van der Waals surface area contributed by atoms with Gasteiger partial charge in [-0.25, -0.2) is 17.1 Å². The van der Waals surface area contributed by atoms with E-state index < -0.39 is 10.0 Å². The first-order valence-electron chi connectivity index (χ1n) is 9.52. The van der Waals surface area contributed by atoms with E-state index in [-0.39, 0.29) is 23.4 Å². The van der Waals surface area contributed by atoms with E-state index in [9.17, 15) is 17.6 Å². The van der Waals surface area contributed by atoms with Gasteiger partial charge in [0.25, 0.3) is 0 Å². The predicted octanol–water partition coefficient (Wildman–Crippen LogP) is 3.44. The monoisotopic (exact) mass is 404 g/mol. The molecule has 0 aliphatic carbocycles. The number of piperidine rings is 1. The van der Waals surface area contributed by atoms with E-state index >= 15 is 0 Å². The number of carbonyl (C=O) groups is 1. The van der Waals surface area contributed by atoms with E-state index in [0.29, 0.717) is 38.0 Å². The standard InChI is InChI=1S/C21H25FN2O3S/c22-19-8-10-20(11-9-19)23-21(25)18-12-14-24(15-13-18)28(26,27)16-4-7-17-5-2-1-3-6-17/h1-3,5-6,8-11,18H,4,7,12-16H2,(H,23,25). The van der Waals surface area contributed by atoms with Crippen molar-refractivity contribution in [1.82, 2.24) is 4.31 Å². The number of sulfonamides is 1. The molecular weight excluding hydrogens is 379 g/mol. The van der Waals surface area contributed by atoms with Gasteiger partial charge in [0.05, 0.1) is 5.75 Å². The van der Waals surface area contributed by atoms with E-state index in [1.54, 1.807) is 0 Å².